The molecule has 3 rings (SSSR count). The number of aliphatic hydroxyl groups excluding tert-OH is 1. The number of fused-ring (bicyclic) bond motifs is 1. The van der Waals surface area contributed by atoms with E-state index >= 15 is 0 Å². The smallest absolute Gasteiger partial charge is 0.126 e. The lowest BCUT2D eigenvalue weighted by atomic mass is 10.0. The van der Waals surface area contributed by atoms with Gasteiger partial charge < -0.3 is 5.11 Å². The maximum absolute atomic E-state index is 13.2. The van der Waals surface area contributed by atoms with Gasteiger partial charge in [0.05, 0.1) is 11.6 Å². The highest BCUT2D eigenvalue weighted by Crippen LogP contribution is 2.21. The van der Waals surface area contributed by atoms with Crippen LogP contribution < -0.4 is 0 Å². The number of halogens is 2. The highest BCUT2D eigenvalue weighted by atomic mass is 19.1. The summed E-state index contributed by atoms with van der Waals surface area (Å²) >= 11 is 0. The van der Waals surface area contributed by atoms with Crippen LogP contribution in [0.4, 0.5) is 8.78 Å². The molecule has 0 saturated carbocycles. The van der Waals surface area contributed by atoms with Crippen LogP contribution in [0.15, 0.2) is 54.6 Å². The summed E-state index contributed by atoms with van der Waals surface area (Å²) in [5.41, 5.74) is 1.71. The van der Waals surface area contributed by atoms with Crippen LogP contribution in [-0.2, 0) is 6.42 Å². The molecule has 0 amide bonds. The third-order valence-corrected chi connectivity index (χ3v) is 3.33. The van der Waals surface area contributed by atoms with Crippen molar-refractivity contribution in [3.05, 3.63) is 77.5 Å². The van der Waals surface area contributed by atoms with Crippen molar-refractivity contribution < 1.29 is 13.9 Å². The normalized spacial score (nSPS) is 12.5. The molecule has 2 nitrogen and oxygen atoms in total. The van der Waals surface area contributed by atoms with Crippen molar-refractivity contribution in [1.29, 1.82) is 0 Å². The monoisotopic (exact) mass is 285 g/mol. The Bertz CT molecular complexity index is 768. The van der Waals surface area contributed by atoms with Gasteiger partial charge in [0.15, 0.2) is 0 Å². The van der Waals surface area contributed by atoms with Crippen LogP contribution in [-0.4, -0.2) is 10.1 Å². The first-order valence-electron chi connectivity index (χ1n) is 6.60. The summed E-state index contributed by atoms with van der Waals surface area (Å²) in [7, 11) is 0. The first kappa shape index (κ1) is 13.6. The van der Waals surface area contributed by atoms with Crippen LogP contribution in [0, 0.1) is 11.6 Å². The predicted octanol–water partition coefficient (Wildman–Crippen LogP) is 3.79. The Kier molecular flexibility index (Phi) is 3.62. The topological polar surface area (TPSA) is 33.1 Å². The van der Waals surface area contributed by atoms with Crippen LogP contribution in [0.25, 0.3) is 10.9 Å². The molecule has 1 aromatic heterocycles. The van der Waals surface area contributed by atoms with Crippen LogP contribution >= 0.6 is 0 Å². The Morgan fingerprint density at radius 1 is 0.952 bits per heavy atom. The lowest BCUT2D eigenvalue weighted by Crippen LogP contribution is -2.04. The van der Waals surface area contributed by atoms with E-state index in [0.29, 0.717) is 5.69 Å². The Labute approximate surface area is 120 Å². The Morgan fingerprint density at radius 2 is 1.67 bits per heavy atom. The summed E-state index contributed by atoms with van der Waals surface area (Å²) in [4.78, 5) is 4.44. The lowest BCUT2D eigenvalue weighted by Gasteiger charge is -2.11. The minimum absolute atomic E-state index is 0.202. The molecule has 0 spiro atoms. The van der Waals surface area contributed by atoms with Gasteiger partial charge in [0.1, 0.15) is 11.6 Å². The number of nitrogens with zero attached hydrogens (tertiary/aromatic N) is 1. The molecule has 1 unspecified atom stereocenters. The summed E-state index contributed by atoms with van der Waals surface area (Å²) in [6, 6.07) is 14.4. The molecule has 0 saturated heterocycles. The van der Waals surface area contributed by atoms with Gasteiger partial charge in [0.25, 0.3) is 0 Å². The molecule has 106 valence electrons. The minimum atomic E-state index is -0.996. The van der Waals surface area contributed by atoms with Crippen molar-refractivity contribution in [3.8, 4) is 0 Å². The van der Waals surface area contributed by atoms with E-state index in [1.54, 1.807) is 6.07 Å². The zero-order chi connectivity index (χ0) is 14.8. The van der Waals surface area contributed by atoms with Crippen molar-refractivity contribution in [1.82, 2.24) is 4.98 Å². The number of para-hydroxylation sites is 1. The van der Waals surface area contributed by atoms with Gasteiger partial charge in [-0.25, -0.2) is 8.78 Å². The molecule has 1 atom stereocenters. The van der Waals surface area contributed by atoms with Crippen molar-refractivity contribution >= 4 is 10.9 Å². The molecular weight excluding hydrogens is 272 g/mol. The molecule has 0 aliphatic carbocycles. The Hall–Kier alpha value is -2.33. The maximum atomic E-state index is 13.2. The molecule has 21 heavy (non-hydrogen) atoms. The number of hydrogen-bond acceptors (Lipinski definition) is 2. The van der Waals surface area contributed by atoms with Crippen molar-refractivity contribution in [2.75, 3.05) is 0 Å². The second kappa shape index (κ2) is 5.58. The number of benzene rings is 2. The SMILES string of the molecule is OC(Cc1ccc2ccccc2n1)c1cc(F)cc(F)c1. The van der Waals surface area contributed by atoms with E-state index < -0.39 is 17.7 Å². The van der Waals surface area contributed by atoms with Crippen LogP contribution in [0.3, 0.4) is 0 Å². The van der Waals surface area contributed by atoms with Gasteiger partial charge in [0.2, 0.25) is 0 Å². The minimum Gasteiger partial charge on any atom is -0.388 e. The standard InChI is InChI=1S/C17H13F2NO/c18-13-7-12(8-14(19)9-13)17(21)10-15-6-5-11-3-1-2-4-16(11)20-15/h1-9,17,21H,10H2. The molecule has 0 aliphatic rings. The number of aliphatic hydroxyl groups is 1. The Morgan fingerprint density at radius 3 is 2.43 bits per heavy atom. The second-order valence-electron chi connectivity index (χ2n) is 4.92. The van der Waals surface area contributed by atoms with E-state index in [0.717, 1.165) is 29.1 Å². The fourth-order valence-electron chi connectivity index (χ4n) is 2.31. The second-order valence-corrected chi connectivity index (χ2v) is 4.92. The zero-order valence-corrected chi connectivity index (χ0v) is 11.1. The lowest BCUT2D eigenvalue weighted by molar-refractivity contribution is 0.176. The third-order valence-electron chi connectivity index (χ3n) is 3.33. The first-order chi connectivity index (χ1) is 10.1. The van der Waals surface area contributed by atoms with Crippen molar-refractivity contribution in [2.24, 2.45) is 0 Å². The fraction of sp³-hybridized carbons (Fsp3) is 0.118. The van der Waals surface area contributed by atoms with Gasteiger partial charge in [-0.05, 0) is 29.8 Å². The molecule has 0 bridgehead atoms. The molecular formula is C17H13F2NO. The average Bonchev–Trinajstić information content (AvgIpc) is 2.46. The molecule has 4 heteroatoms. The Balaban J connectivity index is 1.86. The highest BCUT2D eigenvalue weighted by Gasteiger charge is 2.12. The van der Waals surface area contributed by atoms with Crippen LogP contribution in [0.1, 0.15) is 17.4 Å². The molecule has 0 radical (unpaired) electrons. The van der Waals surface area contributed by atoms with E-state index in [1.807, 2.05) is 30.3 Å². The molecule has 1 heterocycles. The first-order valence-corrected chi connectivity index (χ1v) is 6.60. The van der Waals surface area contributed by atoms with E-state index in [1.165, 1.54) is 0 Å². The summed E-state index contributed by atoms with van der Waals surface area (Å²) in [5.74, 6) is -1.40. The van der Waals surface area contributed by atoms with E-state index in [-0.39, 0.29) is 12.0 Å². The average molecular weight is 285 g/mol. The third kappa shape index (κ3) is 3.06. The van der Waals surface area contributed by atoms with Crippen LogP contribution in [0.2, 0.25) is 0 Å². The quantitative estimate of drug-likeness (QED) is 0.794. The molecule has 3 aromatic rings. The number of pyridine rings is 1. The predicted molar refractivity (Wildman–Crippen MR) is 76.8 cm³/mol. The summed E-state index contributed by atoms with van der Waals surface area (Å²) in [6.07, 6.45) is -0.794. The number of rotatable bonds is 3. The van der Waals surface area contributed by atoms with Crippen molar-refractivity contribution in [3.63, 3.8) is 0 Å². The van der Waals surface area contributed by atoms with Gasteiger partial charge in [0, 0.05) is 23.6 Å². The van der Waals surface area contributed by atoms with E-state index in [4.69, 9.17) is 0 Å². The molecule has 2 aromatic carbocycles. The maximum Gasteiger partial charge on any atom is 0.126 e. The molecule has 0 aliphatic heterocycles. The van der Waals surface area contributed by atoms with Gasteiger partial charge >= 0.3 is 0 Å². The highest BCUT2D eigenvalue weighted by molar-refractivity contribution is 5.78. The number of aromatic nitrogens is 1. The zero-order valence-electron chi connectivity index (χ0n) is 11.1. The summed E-state index contributed by atoms with van der Waals surface area (Å²) in [6.45, 7) is 0. The van der Waals surface area contributed by atoms with Crippen molar-refractivity contribution in [2.45, 2.75) is 12.5 Å². The molecule has 0 fully saturated rings. The fourth-order valence-corrected chi connectivity index (χ4v) is 2.31. The van der Waals surface area contributed by atoms with Gasteiger partial charge in [-0.15, -0.1) is 0 Å². The van der Waals surface area contributed by atoms with Gasteiger partial charge in [-0.2, -0.15) is 0 Å². The number of hydrogen-bond donors (Lipinski definition) is 1. The van der Waals surface area contributed by atoms with Crippen LogP contribution in [0.5, 0.6) is 0 Å². The molecule has 1 N–H and O–H groups in total. The van der Waals surface area contributed by atoms with Gasteiger partial charge in [-0.1, -0.05) is 24.3 Å². The summed E-state index contributed by atoms with van der Waals surface area (Å²) in [5, 5.41) is 11.1. The summed E-state index contributed by atoms with van der Waals surface area (Å²) < 4.78 is 26.3. The largest absolute Gasteiger partial charge is 0.388 e. The van der Waals surface area contributed by atoms with E-state index in [9.17, 15) is 13.9 Å². The van der Waals surface area contributed by atoms with Gasteiger partial charge in [-0.3, -0.25) is 4.98 Å². The van der Waals surface area contributed by atoms with E-state index in [2.05, 4.69) is 4.98 Å².